The molecule has 3 N–H and O–H groups in total. The molecule has 1 amide bonds. The first-order valence-electron chi connectivity index (χ1n) is 9.20. The van der Waals surface area contributed by atoms with Crippen molar-refractivity contribution in [3.63, 3.8) is 0 Å². The fourth-order valence-corrected chi connectivity index (χ4v) is 3.18. The number of anilines is 1. The van der Waals surface area contributed by atoms with Crippen molar-refractivity contribution >= 4 is 11.7 Å². The molecule has 32 heavy (non-hydrogen) atoms. The molecule has 2 aromatic rings. The number of aromatic nitrogens is 2. The van der Waals surface area contributed by atoms with E-state index in [1.54, 1.807) is 0 Å². The quantitative estimate of drug-likeness (QED) is 0.539. The second-order valence-corrected chi connectivity index (χ2v) is 6.70. The van der Waals surface area contributed by atoms with Gasteiger partial charge in [-0.1, -0.05) is 0 Å². The molecule has 1 aliphatic rings. The summed E-state index contributed by atoms with van der Waals surface area (Å²) in [7, 11) is 4.15. The highest BCUT2D eigenvalue weighted by molar-refractivity contribution is 6.04. The lowest BCUT2D eigenvalue weighted by molar-refractivity contribution is -0.140. The highest BCUT2D eigenvalue weighted by atomic mass is 19.3. The Morgan fingerprint density at radius 3 is 2.34 bits per heavy atom. The van der Waals surface area contributed by atoms with Crippen LogP contribution in [0.2, 0.25) is 0 Å². The van der Waals surface area contributed by atoms with E-state index in [2.05, 4.69) is 10.3 Å². The Bertz CT molecular complexity index is 1040. The van der Waals surface area contributed by atoms with E-state index in [-0.39, 0.29) is 28.6 Å². The predicted molar refractivity (Wildman–Crippen MR) is 104 cm³/mol. The van der Waals surface area contributed by atoms with Crippen molar-refractivity contribution in [1.82, 2.24) is 9.55 Å². The first kappa shape index (κ1) is 23.4. The molecule has 0 bridgehead atoms. The van der Waals surface area contributed by atoms with Gasteiger partial charge in [-0.15, -0.1) is 0 Å². The second-order valence-electron chi connectivity index (χ2n) is 6.70. The summed E-state index contributed by atoms with van der Waals surface area (Å²) in [5, 5.41) is 21.0. The van der Waals surface area contributed by atoms with Gasteiger partial charge in [0.2, 0.25) is 12.0 Å². The maximum atomic E-state index is 14.3. The standard InChI is InChI=1S/C19H21F2N3O8/c1-29-10-6-9(7-11(30-2)14(10)31-3)16(27)22-13-4-5-24(18(28)23-13)17-19(20,21)15(26)12(8-25)32-17/h4-7,12,15,17,25-26H,8H2,1-3H3,(H,22,23,27,28)/t12?,15-,17-/m1/s1. The third-order valence-electron chi connectivity index (χ3n) is 4.81. The van der Waals surface area contributed by atoms with Gasteiger partial charge in [0.15, 0.2) is 17.6 Å². The third kappa shape index (κ3) is 4.09. The van der Waals surface area contributed by atoms with Crippen molar-refractivity contribution in [2.45, 2.75) is 24.4 Å². The maximum absolute atomic E-state index is 14.3. The SMILES string of the molecule is COc1cc(C(=O)Nc2ccn([C@@H]3OC(CO)[C@@H](O)C3(F)F)c(=O)n2)cc(OC)c1OC. The zero-order valence-electron chi connectivity index (χ0n) is 17.2. The summed E-state index contributed by atoms with van der Waals surface area (Å²) < 4.78 is 49.5. The number of hydrogen-bond acceptors (Lipinski definition) is 9. The Kier molecular flexibility index (Phi) is 6.62. The lowest BCUT2D eigenvalue weighted by Gasteiger charge is -2.21. The van der Waals surface area contributed by atoms with E-state index in [0.29, 0.717) is 4.57 Å². The van der Waals surface area contributed by atoms with Gasteiger partial charge in [-0.2, -0.15) is 13.8 Å². The van der Waals surface area contributed by atoms with Gasteiger partial charge in [-0.3, -0.25) is 9.36 Å². The molecule has 3 rings (SSSR count). The van der Waals surface area contributed by atoms with E-state index in [4.69, 9.17) is 24.1 Å². The highest BCUT2D eigenvalue weighted by Gasteiger charge is 2.59. The number of methoxy groups -OCH3 is 3. The summed E-state index contributed by atoms with van der Waals surface area (Å²) in [5.74, 6) is -4.04. The van der Waals surface area contributed by atoms with Gasteiger partial charge in [-0.05, 0) is 18.2 Å². The molecule has 0 saturated carbocycles. The van der Waals surface area contributed by atoms with Gasteiger partial charge in [0, 0.05) is 11.8 Å². The van der Waals surface area contributed by atoms with Crippen LogP contribution >= 0.6 is 0 Å². The predicted octanol–water partition coefficient (Wildman–Crippen LogP) is 0.407. The molecule has 1 fully saturated rings. The van der Waals surface area contributed by atoms with Gasteiger partial charge in [0.25, 0.3) is 5.91 Å². The number of alkyl halides is 2. The van der Waals surface area contributed by atoms with Crippen molar-refractivity contribution in [3.05, 3.63) is 40.4 Å². The molecule has 11 nitrogen and oxygen atoms in total. The molecule has 1 aromatic carbocycles. The van der Waals surface area contributed by atoms with Crippen molar-refractivity contribution in [1.29, 1.82) is 0 Å². The number of aliphatic hydroxyl groups excluding tert-OH is 2. The molecular formula is C19H21F2N3O8. The first-order valence-corrected chi connectivity index (χ1v) is 9.20. The summed E-state index contributed by atoms with van der Waals surface area (Å²) in [5.41, 5.74) is -1.08. The van der Waals surface area contributed by atoms with Gasteiger partial charge in [0.1, 0.15) is 11.9 Å². The Labute approximate surface area is 180 Å². The van der Waals surface area contributed by atoms with E-state index >= 15 is 0 Å². The first-order chi connectivity index (χ1) is 15.2. The molecule has 2 heterocycles. The lowest BCUT2D eigenvalue weighted by Crippen LogP contribution is -2.41. The van der Waals surface area contributed by atoms with E-state index in [1.165, 1.54) is 33.5 Å². The van der Waals surface area contributed by atoms with Crippen LogP contribution in [0, 0.1) is 0 Å². The molecule has 3 atom stereocenters. The number of hydrogen-bond donors (Lipinski definition) is 3. The summed E-state index contributed by atoms with van der Waals surface area (Å²) in [6.07, 6.45) is -5.11. The van der Waals surface area contributed by atoms with Crippen molar-refractivity contribution in [3.8, 4) is 17.2 Å². The summed E-state index contributed by atoms with van der Waals surface area (Å²) in [4.78, 5) is 28.5. The van der Waals surface area contributed by atoms with Crippen LogP contribution in [0.15, 0.2) is 29.2 Å². The topological polar surface area (TPSA) is 141 Å². The van der Waals surface area contributed by atoms with Crippen LogP contribution in [0.25, 0.3) is 0 Å². The number of carbonyl (C=O) groups is 1. The van der Waals surface area contributed by atoms with E-state index in [0.717, 1.165) is 12.3 Å². The molecule has 1 unspecified atom stereocenters. The molecule has 0 spiro atoms. The Morgan fingerprint density at radius 2 is 1.88 bits per heavy atom. The summed E-state index contributed by atoms with van der Waals surface area (Å²) >= 11 is 0. The van der Waals surface area contributed by atoms with E-state index in [1.807, 2.05) is 0 Å². The molecule has 174 valence electrons. The summed E-state index contributed by atoms with van der Waals surface area (Å²) in [6.45, 7) is -0.863. The number of halogens is 2. The second kappa shape index (κ2) is 9.06. The van der Waals surface area contributed by atoms with Crippen LogP contribution in [-0.4, -0.2) is 71.7 Å². The van der Waals surface area contributed by atoms with E-state index < -0.39 is 42.6 Å². The normalized spacial score (nSPS) is 21.8. The van der Waals surface area contributed by atoms with Crippen molar-refractivity contribution < 1.29 is 42.7 Å². The van der Waals surface area contributed by atoms with Crippen molar-refractivity contribution in [2.75, 3.05) is 33.3 Å². The number of aliphatic hydroxyl groups is 2. The molecular weight excluding hydrogens is 436 g/mol. The Balaban J connectivity index is 1.85. The number of ether oxygens (including phenoxy) is 4. The highest BCUT2D eigenvalue weighted by Crippen LogP contribution is 2.42. The molecule has 1 aromatic heterocycles. The van der Waals surface area contributed by atoms with Crippen LogP contribution < -0.4 is 25.2 Å². The Morgan fingerprint density at radius 1 is 1.25 bits per heavy atom. The zero-order valence-corrected chi connectivity index (χ0v) is 17.2. The number of rotatable bonds is 7. The van der Waals surface area contributed by atoms with Gasteiger partial charge < -0.3 is 34.5 Å². The minimum Gasteiger partial charge on any atom is -0.493 e. The third-order valence-corrected chi connectivity index (χ3v) is 4.81. The van der Waals surface area contributed by atoms with Gasteiger partial charge in [-0.25, -0.2) is 4.79 Å². The molecule has 0 aliphatic carbocycles. The molecule has 1 saturated heterocycles. The molecule has 1 aliphatic heterocycles. The van der Waals surface area contributed by atoms with E-state index in [9.17, 15) is 23.5 Å². The van der Waals surface area contributed by atoms with Crippen LogP contribution in [0.3, 0.4) is 0 Å². The Hall–Kier alpha value is -3.29. The number of nitrogens with zero attached hydrogens (tertiary/aromatic N) is 2. The lowest BCUT2D eigenvalue weighted by atomic mass is 10.1. The maximum Gasteiger partial charge on any atom is 0.351 e. The summed E-state index contributed by atoms with van der Waals surface area (Å²) in [6, 6.07) is 3.86. The smallest absolute Gasteiger partial charge is 0.351 e. The average Bonchev–Trinajstić information content (AvgIpc) is 3.01. The fourth-order valence-electron chi connectivity index (χ4n) is 3.18. The van der Waals surface area contributed by atoms with Crippen LogP contribution in [0.1, 0.15) is 16.6 Å². The molecule has 0 radical (unpaired) electrons. The monoisotopic (exact) mass is 457 g/mol. The zero-order chi connectivity index (χ0) is 23.6. The fraction of sp³-hybridized carbons (Fsp3) is 0.421. The number of benzene rings is 1. The average molecular weight is 457 g/mol. The largest absolute Gasteiger partial charge is 0.493 e. The number of nitrogens with one attached hydrogen (secondary N) is 1. The van der Waals surface area contributed by atoms with Gasteiger partial charge >= 0.3 is 11.6 Å². The van der Waals surface area contributed by atoms with Crippen LogP contribution in [0.5, 0.6) is 17.2 Å². The number of carbonyl (C=O) groups excluding carboxylic acids is 1. The van der Waals surface area contributed by atoms with Crippen LogP contribution in [0.4, 0.5) is 14.6 Å². The molecule has 13 heteroatoms. The number of amides is 1. The minimum atomic E-state index is -3.85. The minimum absolute atomic E-state index is 0.0880. The van der Waals surface area contributed by atoms with Gasteiger partial charge in [0.05, 0.1) is 27.9 Å². The van der Waals surface area contributed by atoms with Crippen molar-refractivity contribution in [2.24, 2.45) is 0 Å². The van der Waals surface area contributed by atoms with Crippen LogP contribution in [-0.2, 0) is 4.74 Å².